The van der Waals surface area contributed by atoms with Crippen molar-refractivity contribution in [2.75, 3.05) is 14.1 Å². The monoisotopic (exact) mass is 315 g/mol. The van der Waals surface area contributed by atoms with Gasteiger partial charge in [0.05, 0.1) is 5.54 Å². The lowest BCUT2D eigenvalue weighted by molar-refractivity contribution is -0.128. The maximum atomic E-state index is 12.6. The molecule has 1 heterocycles. The maximum absolute atomic E-state index is 12.6. The first kappa shape index (κ1) is 13.2. The number of carbonyl (C=O) groups is 1. The Morgan fingerprint density at radius 2 is 2.12 bits per heavy atom. The number of ketones is 1. The van der Waals surface area contributed by atoms with E-state index in [0.717, 1.165) is 22.2 Å². The summed E-state index contributed by atoms with van der Waals surface area (Å²) in [7, 11) is 4.07. The topological polar surface area (TPSA) is 20.3 Å². The van der Waals surface area contributed by atoms with Crippen molar-refractivity contribution in [3.8, 4) is 0 Å². The van der Waals surface area contributed by atoms with Crippen LogP contribution in [-0.4, -0.2) is 30.3 Å². The van der Waals surface area contributed by atoms with Gasteiger partial charge in [-0.3, -0.25) is 9.69 Å². The molecular weight excluding hydrogens is 298 g/mol. The fourth-order valence-corrected chi connectivity index (χ4v) is 4.19. The Morgan fingerprint density at radius 1 is 1.47 bits per heavy atom. The Hall–Kier alpha value is -0.190. The molecular formula is C13H18BrNOS. The fraction of sp³-hybridized carbons (Fsp3) is 0.615. The molecule has 1 aromatic heterocycles. The first-order valence-corrected chi connectivity index (χ1v) is 7.66. The zero-order chi connectivity index (χ0) is 12.5. The van der Waals surface area contributed by atoms with Crippen LogP contribution in [0.4, 0.5) is 0 Å². The normalized spacial score (nSPS) is 18.8. The lowest BCUT2D eigenvalue weighted by Crippen LogP contribution is -2.49. The number of hydrogen-bond acceptors (Lipinski definition) is 3. The van der Waals surface area contributed by atoms with Crippen LogP contribution in [0.5, 0.6) is 0 Å². The largest absolute Gasteiger partial charge is 0.297 e. The molecule has 0 radical (unpaired) electrons. The zero-order valence-electron chi connectivity index (χ0n) is 10.3. The van der Waals surface area contributed by atoms with Crippen LogP contribution in [0.2, 0.25) is 0 Å². The van der Waals surface area contributed by atoms with Crippen LogP contribution in [0.1, 0.15) is 30.6 Å². The molecule has 1 aliphatic carbocycles. The summed E-state index contributed by atoms with van der Waals surface area (Å²) in [4.78, 5) is 15.9. The second-order valence-corrected chi connectivity index (χ2v) is 6.78. The van der Waals surface area contributed by atoms with Crippen LogP contribution in [0.25, 0.3) is 0 Å². The number of hydrogen-bond donors (Lipinski definition) is 0. The molecule has 2 rings (SSSR count). The van der Waals surface area contributed by atoms with E-state index in [9.17, 15) is 4.79 Å². The molecule has 0 spiro atoms. The number of halogens is 1. The molecule has 0 bridgehead atoms. The van der Waals surface area contributed by atoms with Crippen LogP contribution in [0, 0.1) is 0 Å². The molecule has 0 N–H and O–H groups in total. The van der Waals surface area contributed by atoms with Crippen molar-refractivity contribution >= 4 is 33.0 Å². The minimum Gasteiger partial charge on any atom is -0.297 e. The van der Waals surface area contributed by atoms with Crippen molar-refractivity contribution in [2.45, 2.75) is 37.6 Å². The summed E-state index contributed by atoms with van der Waals surface area (Å²) >= 11 is 5.16. The predicted molar refractivity (Wildman–Crippen MR) is 75.6 cm³/mol. The summed E-state index contributed by atoms with van der Waals surface area (Å²) in [6.45, 7) is 0. The van der Waals surface area contributed by atoms with E-state index in [1.165, 1.54) is 12.8 Å². The minimum absolute atomic E-state index is 0.205. The van der Waals surface area contributed by atoms with Crippen molar-refractivity contribution in [1.29, 1.82) is 0 Å². The van der Waals surface area contributed by atoms with Crippen LogP contribution in [-0.2, 0) is 11.2 Å². The number of rotatable bonds is 4. The van der Waals surface area contributed by atoms with Crippen molar-refractivity contribution < 1.29 is 4.79 Å². The lowest BCUT2D eigenvalue weighted by atomic mass is 9.88. The zero-order valence-corrected chi connectivity index (χ0v) is 12.7. The molecule has 1 aliphatic rings. The molecule has 0 saturated heterocycles. The Labute approximate surface area is 115 Å². The maximum Gasteiger partial charge on any atom is 0.158 e. The smallest absolute Gasteiger partial charge is 0.158 e. The molecule has 0 atom stereocenters. The predicted octanol–water partition coefficient (Wildman–Crippen LogP) is 3.50. The average Bonchev–Trinajstić information content (AvgIpc) is 2.89. The summed E-state index contributed by atoms with van der Waals surface area (Å²) in [5.74, 6) is 0.378. The highest BCUT2D eigenvalue weighted by molar-refractivity contribution is 9.10. The van der Waals surface area contributed by atoms with Gasteiger partial charge in [0.1, 0.15) is 0 Å². The van der Waals surface area contributed by atoms with Gasteiger partial charge in [-0.15, -0.1) is 11.3 Å². The summed E-state index contributed by atoms with van der Waals surface area (Å²) in [6.07, 6.45) is 4.95. The van der Waals surface area contributed by atoms with Crippen LogP contribution in [0.3, 0.4) is 0 Å². The summed E-state index contributed by atoms with van der Waals surface area (Å²) < 4.78 is 1.07. The third-order valence-electron chi connectivity index (χ3n) is 3.82. The number of Topliss-reactive ketones (excluding diaryl/α,β-unsaturated/α-hetero) is 1. The van der Waals surface area contributed by atoms with E-state index in [-0.39, 0.29) is 5.54 Å². The van der Waals surface area contributed by atoms with Crippen molar-refractivity contribution in [3.63, 3.8) is 0 Å². The molecule has 2 nitrogen and oxygen atoms in total. The molecule has 0 aromatic carbocycles. The van der Waals surface area contributed by atoms with E-state index < -0.39 is 0 Å². The Morgan fingerprint density at radius 3 is 2.59 bits per heavy atom. The number of thiophene rings is 1. The molecule has 4 heteroatoms. The van der Waals surface area contributed by atoms with E-state index in [2.05, 4.69) is 20.8 Å². The Bertz CT molecular complexity index is 407. The van der Waals surface area contributed by atoms with Gasteiger partial charge in [0.15, 0.2) is 5.78 Å². The first-order valence-electron chi connectivity index (χ1n) is 5.99. The Kier molecular flexibility index (Phi) is 4.06. The van der Waals surface area contributed by atoms with E-state index in [0.29, 0.717) is 12.2 Å². The molecule has 17 heavy (non-hydrogen) atoms. The second-order valence-electron chi connectivity index (χ2n) is 4.92. The van der Waals surface area contributed by atoms with Crippen LogP contribution in [0.15, 0.2) is 15.9 Å². The van der Waals surface area contributed by atoms with Gasteiger partial charge in [0.25, 0.3) is 0 Å². The summed E-state index contributed by atoms with van der Waals surface area (Å²) in [5.41, 5.74) is -0.205. The average molecular weight is 316 g/mol. The van der Waals surface area contributed by atoms with Gasteiger partial charge >= 0.3 is 0 Å². The summed E-state index contributed by atoms with van der Waals surface area (Å²) in [5, 5.41) is 2.03. The molecule has 1 aromatic rings. The lowest BCUT2D eigenvalue weighted by Gasteiger charge is -2.34. The second kappa shape index (κ2) is 5.21. The SMILES string of the molecule is CN(C)C1(C(=O)Cc2sccc2Br)CCCC1. The van der Waals surface area contributed by atoms with Crippen LogP contribution < -0.4 is 0 Å². The quantitative estimate of drug-likeness (QED) is 0.847. The van der Waals surface area contributed by atoms with E-state index in [1.807, 2.05) is 25.5 Å². The minimum atomic E-state index is -0.205. The van der Waals surface area contributed by atoms with Gasteiger partial charge in [0.2, 0.25) is 0 Å². The van der Waals surface area contributed by atoms with E-state index in [4.69, 9.17) is 0 Å². The molecule has 0 amide bonds. The van der Waals surface area contributed by atoms with Gasteiger partial charge < -0.3 is 0 Å². The summed E-state index contributed by atoms with van der Waals surface area (Å²) in [6, 6.07) is 2.02. The first-order chi connectivity index (χ1) is 8.06. The van der Waals surface area contributed by atoms with Gasteiger partial charge in [0, 0.05) is 15.8 Å². The molecule has 0 aliphatic heterocycles. The highest BCUT2D eigenvalue weighted by Gasteiger charge is 2.42. The third-order valence-corrected chi connectivity index (χ3v) is 5.74. The van der Waals surface area contributed by atoms with Gasteiger partial charge in [-0.2, -0.15) is 0 Å². The van der Waals surface area contributed by atoms with Gasteiger partial charge in [-0.05, 0) is 54.3 Å². The number of carbonyl (C=O) groups excluding carboxylic acids is 1. The van der Waals surface area contributed by atoms with E-state index in [1.54, 1.807) is 11.3 Å². The highest BCUT2D eigenvalue weighted by atomic mass is 79.9. The molecule has 1 fully saturated rings. The fourth-order valence-electron chi connectivity index (χ4n) is 2.70. The Balaban J connectivity index is 2.16. The highest BCUT2D eigenvalue weighted by Crippen LogP contribution is 2.36. The standard InChI is InChI=1S/C13H18BrNOS/c1-15(2)13(6-3-4-7-13)12(16)9-11-10(14)5-8-17-11/h5,8H,3-4,6-7,9H2,1-2H3. The molecule has 0 unspecified atom stereocenters. The number of likely N-dealkylation sites (N-methyl/N-ethyl adjacent to an activating group) is 1. The third kappa shape index (κ3) is 2.49. The van der Waals surface area contributed by atoms with Crippen molar-refractivity contribution in [3.05, 3.63) is 20.8 Å². The van der Waals surface area contributed by atoms with Crippen LogP contribution >= 0.6 is 27.3 Å². The van der Waals surface area contributed by atoms with Crippen molar-refractivity contribution in [1.82, 2.24) is 4.90 Å². The van der Waals surface area contributed by atoms with Gasteiger partial charge in [-0.25, -0.2) is 0 Å². The number of nitrogens with zero attached hydrogens (tertiary/aromatic N) is 1. The molecule has 94 valence electrons. The van der Waals surface area contributed by atoms with Gasteiger partial charge in [-0.1, -0.05) is 12.8 Å². The van der Waals surface area contributed by atoms with E-state index >= 15 is 0 Å². The van der Waals surface area contributed by atoms with Crippen molar-refractivity contribution in [2.24, 2.45) is 0 Å². The molecule has 1 saturated carbocycles.